The molecule has 0 amide bonds. The summed E-state index contributed by atoms with van der Waals surface area (Å²) >= 11 is 0. The smallest absolute Gasteiger partial charge is 0.124 e. The van der Waals surface area contributed by atoms with Gasteiger partial charge in [0.2, 0.25) is 0 Å². The highest BCUT2D eigenvalue weighted by Gasteiger charge is 2.15. The Morgan fingerprint density at radius 3 is 1.41 bits per heavy atom. The van der Waals surface area contributed by atoms with Crippen molar-refractivity contribution < 1.29 is 10.2 Å². The van der Waals surface area contributed by atoms with Gasteiger partial charge in [-0.1, -0.05) is 53.7 Å². The molecule has 0 aromatic heterocycles. The van der Waals surface area contributed by atoms with Crippen LogP contribution in [0, 0.1) is 0 Å². The Morgan fingerprint density at radius 2 is 1.07 bits per heavy atom. The molecule has 156 valence electrons. The molecule has 0 aliphatic carbocycles. The fraction of sp³-hybridized carbons (Fsp3) is 0.440. The SMILES string of the molecule is CC(C)(C)c1ccc(O)c(C=NCCCN=Cc2cc(C(C)(C)C)ccc2O)c1. The Bertz CT molecular complexity index is 811. The van der Waals surface area contributed by atoms with Gasteiger partial charge in [0.05, 0.1) is 0 Å². The first-order valence-electron chi connectivity index (χ1n) is 10.1. The van der Waals surface area contributed by atoms with Gasteiger partial charge in [-0.2, -0.15) is 0 Å². The molecule has 29 heavy (non-hydrogen) atoms. The summed E-state index contributed by atoms with van der Waals surface area (Å²) in [5.74, 6) is 0.489. The molecule has 2 aromatic carbocycles. The van der Waals surface area contributed by atoms with Crippen molar-refractivity contribution in [3.05, 3.63) is 58.7 Å². The van der Waals surface area contributed by atoms with Crippen LogP contribution in [0.3, 0.4) is 0 Å². The number of phenolic OH excluding ortho intramolecular Hbond substituents is 2. The van der Waals surface area contributed by atoms with Gasteiger partial charge in [-0.15, -0.1) is 0 Å². The third kappa shape index (κ3) is 6.74. The summed E-state index contributed by atoms with van der Waals surface area (Å²) < 4.78 is 0. The number of benzene rings is 2. The van der Waals surface area contributed by atoms with Gasteiger partial charge < -0.3 is 10.2 Å². The molecular weight excluding hydrogens is 360 g/mol. The monoisotopic (exact) mass is 394 g/mol. The van der Waals surface area contributed by atoms with Crippen molar-refractivity contribution in [3.8, 4) is 11.5 Å². The maximum absolute atomic E-state index is 10.0. The average molecular weight is 395 g/mol. The lowest BCUT2D eigenvalue weighted by Crippen LogP contribution is -2.11. The number of phenols is 2. The molecule has 2 aromatic rings. The van der Waals surface area contributed by atoms with Gasteiger partial charge in [0, 0.05) is 36.6 Å². The number of hydrogen-bond acceptors (Lipinski definition) is 4. The maximum atomic E-state index is 10.0. The Morgan fingerprint density at radius 1 is 0.690 bits per heavy atom. The van der Waals surface area contributed by atoms with E-state index < -0.39 is 0 Å². The molecule has 0 fully saturated rings. The van der Waals surface area contributed by atoms with E-state index in [1.807, 2.05) is 24.3 Å². The van der Waals surface area contributed by atoms with Crippen LogP contribution < -0.4 is 0 Å². The predicted molar refractivity (Wildman–Crippen MR) is 123 cm³/mol. The molecule has 0 saturated heterocycles. The Hall–Kier alpha value is -2.62. The number of aromatic hydroxyl groups is 2. The van der Waals surface area contributed by atoms with Crippen LogP contribution in [0.1, 0.15) is 70.2 Å². The molecule has 4 heteroatoms. The van der Waals surface area contributed by atoms with E-state index in [-0.39, 0.29) is 22.3 Å². The van der Waals surface area contributed by atoms with Crippen LogP contribution in [0.2, 0.25) is 0 Å². The number of hydrogen-bond donors (Lipinski definition) is 2. The van der Waals surface area contributed by atoms with Crippen molar-refractivity contribution in [3.63, 3.8) is 0 Å². The molecule has 0 atom stereocenters. The van der Waals surface area contributed by atoms with Gasteiger partial charge in [-0.25, -0.2) is 0 Å². The zero-order valence-electron chi connectivity index (χ0n) is 18.5. The fourth-order valence-corrected chi connectivity index (χ4v) is 2.83. The third-order valence-corrected chi connectivity index (χ3v) is 4.82. The average Bonchev–Trinajstić information content (AvgIpc) is 2.61. The number of nitrogens with zero attached hydrogens (tertiary/aromatic N) is 2. The molecule has 0 aliphatic heterocycles. The highest BCUT2D eigenvalue weighted by atomic mass is 16.3. The first kappa shape index (κ1) is 22.7. The molecule has 0 saturated carbocycles. The van der Waals surface area contributed by atoms with Gasteiger partial charge in [0.25, 0.3) is 0 Å². The summed E-state index contributed by atoms with van der Waals surface area (Å²) in [5.41, 5.74) is 3.87. The van der Waals surface area contributed by atoms with Crippen molar-refractivity contribution in [2.75, 3.05) is 13.1 Å². The van der Waals surface area contributed by atoms with Crippen LogP contribution in [0.25, 0.3) is 0 Å². The van der Waals surface area contributed by atoms with Crippen LogP contribution in [0.4, 0.5) is 0 Å². The molecule has 0 bridgehead atoms. The summed E-state index contributed by atoms with van der Waals surface area (Å²) in [6.07, 6.45) is 4.26. The van der Waals surface area contributed by atoms with E-state index in [4.69, 9.17) is 0 Å². The van der Waals surface area contributed by atoms with Crippen LogP contribution in [-0.2, 0) is 10.8 Å². The van der Waals surface area contributed by atoms with Gasteiger partial charge in [0.1, 0.15) is 11.5 Å². The molecule has 2 N–H and O–H groups in total. The third-order valence-electron chi connectivity index (χ3n) is 4.82. The second-order valence-corrected chi connectivity index (χ2v) is 9.47. The summed E-state index contributed by atoms with van der Waals surface area (Å²) in [7, 11) is 0. The minimum absolute atomic E-state index is 0.0286. The first-order chi connectivity index (χ1) is 13.5. The molecular formula is C25H34N2O2. The van der Waals surface area contributed by atoms with E-state index in [1.54, 1.807) is 24.6 Å². The van der Waals surface area contributed by atoms with Gasteiger partial charge in [-0.05, 0) is 52.6 Å². The van der Waals surface area contributed by atoms with E-state index in [0.717, 1.165) is 17.5 Å². The van der Waals surface area contributed by atoms with Gasteiger partial charge in [0.15, 0.2) is 0 Å². The van der Waals surface area contributed by atoms with E-state index in [0.29, 0.717) is 13.1 Å². The minimum Gasteiger partial charge on any atom is -0.507 e. The van der Waals surface area contributed by atoms with Gasteiger partial charge >= 0.3 is 0 Å². The molecule has 0 unspecified atom stereocenters. The van der Waals surface area contributed by atoms with Crippen molar-refractivity contribution in [2.45, 2.75) is 58.8 Å². The molecule has 0 spiro atoms. The molecule has 0 heterocycles. The summed E-state index contributed by atoms with van der Waals surface area (Å²) in [6.45, 7) is 14.1. The highest BCUT2D eigenvalue weighted by Crippen LogP contribution is 2.27. The van der Waals surface area contributed by atoms with Crippen LogP contribution >= 0.6 is 0 Å². The topological polar surface area (TPSA) is 65.2 Å². The molecule has 0 radical (unpaired) electrons. The van der Waals surface area contributed by atoms with Crippen LogP contribution in [0.15, 0.2) is 46.4 Å². The van der Waals surface area contributed by atoms with Crippen molar-refractivity contribution in [1.82, 2.24) is 0 Å². The Kier molecular flexibility index (Phi) is 7.23. The molecule has 4 nitrogen and oxygen atoms in total. The molecule has 0 aliphatic rings. The number of aliphatic imine (C=N–C) groups is 2. The quantitative estimate of drug-likeness (QED) is 0.493. The minimum atomic E-state index is 0.0286. The van der Waals surface area contributed by atoms with Crippen molar-refractivity contribution in [1.29, 1.82) is 0 Å². The van der Waals surface area contributed by atoms with E-state index in [2.05, 4.69) is 51.5 Å². The van der Waals surface area contributed by atoms with Crippen molar-refractivity contribution in [2.24, 2.45) is 9.98 Å². The summed E-state index contributed by atoms with van der Waals surface area (Å²) in [6, 6.07) is 11.3. The summed E-state index contributed by atoms with van der Waals surface area (Å²) in [4.78, 5) is 8.85. The Labute approximate surface area is 175 Å². The Balaban J connectivity index is 1.91. The zero-order chi connectivity index (χ0) is 21.7. The first-order valence-corrected chi connectivity index (χ1v) is 10.1. The van der Waals surface area contributed by atoms with E-state index >= 15 is 0 Å². The van der Waals surface area contributed by atoms with Crippen molar-refractivity contribution >= 4 is 12.4 Å². The molecule has 2 rings (SSSR count). The van der Waals surface area contributed by atoms with Crippen LogP contribution in [-0.4, -0.2) is 35.7 Å². The van der Waals surface area contributed by atoms with E-state index in [9.17, 15) is 10.2 Å². The number of rotatable bonds is 6. The lowest BCUT2D eigenvalue weighted by Gasteiger charge is -2.19. The normalized spacial score (nSPS) is 12.9. The fourth-order valence-electron chi connectivity index (χ4n) is 2.83. The lowest BCUT2D eigenvalue weighted by atomic mass is 9.86. The van der Waals surface area contributed by atoms with Crippen LogP contribution in [0.5, 0.6) is 11.5 Å². The predicted octanol–water partition coefficient (Wildman–Crippen LogP) is 5.62. The summed E-state index contributed by atoms with van der Waals surface area (Å²) in [5, 5.41) is 20.1. The van der Waals surface area contributed by atoms with Gasteiger partial charge in [-0.3, -0.25) is 9.98 Å². The standard InChI is InChI=1S/C25H34N2O2/c1-24(2,3)20-8-10-22(28)18(14-20)16-26-12-7-13-27-17-19-15-21(25(4,5)6)9-11-23(19)29/h8-11,14-17,28-29H,7,12-13H2,1-6H3. The second-order valence-electron chi connectivity index (χ2n) is 9.47. The lowest BCUT2D eigenvalue weighted by molar-refractivity contribution is 0.472. The van der Waals surface area contributed by atoms with E-state index in [1.165, 1.54) is 11.1 Å². The zero-order valence-corrected chi connectivity index (χ0v) is 18.5. The second kappa shape index (κ2) is 9.25. The maximum Gasteiger partial charge on any atom is 0.124 e. The highest BCUT2D eigenvalue weighted by molar-refractivity contribution is 5.84. The largest absolute Gasteiger partial charge is 0.507 e.